The predicted octanol–water partition coefficient (Wildman–Crippen LogP) is 2.24. The largest absolute Gasteiger partial charge is 0.313 e. The van der Waals surface area contributed by atoms with Crippen LogP contribution in [0.15, 0.2) is 24.3 Å². The maximum absolute atomic E-state index is 11.3. The number of ketones is 1. The van der Waals surface area contributed by atoms with Crippen LogP contribution < -0.4 is 5.73 Å². The van der Waals surface area contributed by atoms with Crippen LogP contribution in [0.5, 0.6) is 0 Å². The van der Waals surface area contributed by atoms with Crippen LogP contribution in [-0.2, 0) is 0 Å². The summed E-state index contributed by atoms with van der Waals surface area (Å²) in [6.45, 7) is 0. The lowest BCUT2D eigenvalue weighted by Gasteiger charge is -2.02. The molecule has 0 bridgehead atoms. The number of rotatable bonds is 2. The minimum absolute atomic E-state index is 0.0990. The van der Waals surface area contributed by atoms with E-state index in [-0.39, 0.29) is 5.78 Å². The Hall–Kier alpha value is -0.130. The smallest absolute Gasteiger partial charge is 0.189 e. The minimum atomic E-state index is -0.499. The molecule has 0 aliphatic carbocycles. The molecular weight excluding hydrogens is 288 g/mol. The van der Waals surface area contributed by atoms with Crippen molar-refractivity contribution in [2.75, 3.05) is 0 Å². The highest BCUT2D eigenvalue weighted by molar-refractivity contribution is 14.1. The van der Waals surface area contributed by atoms with Crippen LogP contribution in [-0.4, -0.2) is 9.83 Å². The van der Waals surface area contributed by atoms with E-state index in [1.807, 2.05) is 22.6 Å². The Balaban J connectivity index is 2.96. The zero-order valence-electron chi connectivity index (χ0n) is 6.13. The molecule has 1 atom stereocenters. The fourth-order valence-electron chi connectivity index (χ4n) is 0.801. The Kier molecular flexibility index (Phi) is 3.49. The first-order chi connectivity index (χ1) is 5.61. The molecule has 0 saturated heterocycles. The van der Waals surface area contributed by atoms with E-state index in [0.717, 1.165) is 0 Å². The minimum Gasteiger partial charge on any atom is -0.313 e. The Morgan fingerprint density at radius 3 is 2.75 bits per heavy atom. The quantitative estimate of drug-likeness (QED) is 0.393. The number of benzene rings is 1. The number of carbonyl (C=O) groups is 1. The molecule has 0 fully saturated rings. The van der Waals surface area contributed by atoms with Gasteiger partial charge in [0.2, 0.25) is 0 Å². The zero-order chi connectivity index (χ0) is 9.14. The van der Waals surface area contributed by atoms with E-state index in [9.17, 15) is 4.79 Å². The van der Waals surface area contributed by atoms with Gasteiger partial charge >= 0.3 is 0 Å². The van der Waals surface area contributed by atoms with E-state index in [0.29, 0.717) is 10.6 Å². The van der Waals surface area contributed by atoms with Crippen LogP contribution in [0.25, 0.3) is 0 Å². The average molecular weight is 296 g/mol. The van der Waals surface area contributed by atoms with Gasteiger partial charge in [0.15, 0.2) is 5.78 Å². The summed E-state index contributed by atoms with van der Waals surface area (Å²) < 4.78 is -0.499. The van der Waals surface area contributed by atoms with Gasteiger partial charge in [0.1, 0.15) is 4.05 Å². The van der Waals surface area contributed by atoms with E-state index < -0.39 is 4.05 Å². The SMILES string of the molecule is NC(I)C(=O)c1cccc(Cl)c1. The summed E-state index contributed by atoms with van der Waals surface area (Å²) in [6.07, 6.45) is 0. The van der Waals surface area contributed by atoms with Gasteiger partial charge in [-0.15, -0.1) is 0 Å². The Bertz CT molecular complexity index is 301. The second-order valence-corrected chi connectivity index (χ2v) is 4.05. The molecule has 2 N–H and O–H groups in total. The Morgan fingerprint density at radius 2 is 2.25 bits per heavy atom. The zero-order valence-corrected chi connectivity index (χ0v) is 9.04. The molecule has 12 heavy (non-hydrogen) atoms. The van der Waals surface area contributed by atoms with Gasteiger partial charge in [-0.1, -0.05) is 46.3 Å². The number of nitrogens with two attached hydrogens (primary N) is 1. The highest BCUT2D eigenvalue weighted by atomic mass is 127. The fraction of sp³-hybridized carbons (Fsp3) is 0.125. The van der Waals surface area contributed by atoms with E-state index in [4.69, 9.17) is 17.3 Å². The molecule has 0 amide bonds. The Labute approximate surface area is 89.2 Å². The normalized spacial score (nSPS) is 12.6. The van der Waals surface area contributed by atoms with E-state index in [2.05, 4.69) is 0 Å². The van der Waals surface area contributed by atoms with Crippen LogP contribution in [0, 0.1) is 0 Å². The van der Waals surface area contributed by atoms with Gasteiger partial charge in [0, 0.05) is 10.6 Å². The van der Waals surface area contributed by atoms with Gasteiger partial charge in [0.05, 0.1) is 0 Å². The lowest BCUT2D eigenvalue weighted by atomic mass is 10.1. The highest BCUT2D eigenvalue weighted by Gasteiger charge is 2.11. The Morgan fingerprint density at radius 1 is 1.58 bits per heavy atom. The summed E-state index contributed by atoms with van der Waals surface area (Å²) in [5.74, 6) is -0.0990. The molecule has 0 aliphatic rings. The van der Waals surface area contributed by atoms with Crippen molar-refractivity contribution in [1.29, 1.82) is 0 Å². The molecule has 2 nitrogen and oxygen atoms in total. The van der Waals surface area contributed by atoms with Gasteiger partial charge in [-0.05, 0) is 12.1 Å². The molecule has 0 spiro atoms. The molecule has 0 saturated carbocycles. The third-order valence-electron chi connectivity index (χ3n) is 1.36. The van der Waals surface area contributed by atoms with Crippen LogP contribution in [0.2, 0.25) is 5.02 Å². The van der Waals surface area contributed by atoms with Crippen molar-refractivity contribution in [2.24, 2.45) is 5.73 Å². The van der Waals surface area contributed by atoms with Gasteiger partial charge in [0.25, 0.3) is 0 Å². The number of halogens is 2. The molecule has 0 aromatic heterocycles. The van der Waals surface area contributed by atoms with E-state index in [1.165, 1.54) is 0 Å². The molecule has 0 heterocycles. The van der Waals surface area contributed by atoms with Gasteiger partial charge in [-0.2, -0.15) is 0 Å². The molecule has 4 heteroatoms. The van der Waals surface area contributed by atoms with Crippen molar-refractivity contribution in [3.05, 3.63) is 34.9 Å². The average Bonchev–Trinajstić information content (AvgIpc) is 2.03. The topological polar surface area (TPSA) is 43.1 Å². The highest BCUT2D eigenvalue weighted by Crippen LogP contribution is 2.13. The second-order valence-electron chi connectivity index (χ2n) is 2.28. The van der Waals surface area contributed by atoms with Crippen molar-refractivity contribution in [2.45, 2.75) is 4.05 Å². The first-order valence-corrected chi connectivity index (χ1v) is 4.93. The standard InChI is InChI=1S/C8H7ClINO/c9-6-3-1-2-5(4-6)7(12)8(10)11/h1-4,8H,11H2. The van der Waals surface area contributed by atoms with Crippen molar-refractivity contribution in [1.82, 2.24) is 0 Å². The predicted molar refractivity (Wildman–Crippen MR) is 57.8 cm³/mol. The third kappa shape index (κ3) is 2.43. The number of carbonyl (C=O) groups excluding carboxylic acids is 1. The number of hydrogen-bond donors (Lipinski definition) is 1. The molecule has 64 valence electrons. The van der Waals surface area contributed by atoms with Crippen molar-refractivity contribution >= 4 is 40.0 Å². The first-order valence-electron chi connectivity index (χ1n) is 3.30. The monoisotopic (exact) mass is 295 g/mol. The van der Waals surface area contributed by atoms with Gasteiger partial charge < -0.3 is 5.73 Å². The molecule has 0 aliphatic heterocycles. The van der Waals surface area contributed by atoms with Crippen molar-refractivity contribution in [3.8, 4) is 0 Å². The van der Waals surface area contributed by atoms with Crippen molar-refractivity contribution < 1.29 is 4.79 Å². The van der Waals surface area contributed by atoms with Gasteiger partial charge in [-0.3, -0.25) is 4.79 Å². The maximum atomic E-state index is 11.3. The van der Waals surface area contributed by atoms with Crippen LogP contribution >= 0.6 is 34.2 Å². The van der Waals surface area contributed by atoms with Crippen LogP contribution in [0.1, 0.15) is 10.4 Å². The lowest BCUT2D eigenvalue weighted by molar-refractivity contribution is 0.0995. The fourth-order valence-corrected chi connectivity index (χ4v) is 1.35. The van der Waals surface area contributed by atoms with Crippen LogP contribution in [0.4, 0.5) is 0 Å². The van der Waals surface area contributed by atoms with Crippen LogP contribution in [0.3, 0.4) is 0 Å². The summed E-state index contributed by atoms with van der Waals surface area (Å²) in [6, 6.07) is 6.76. The number of Topliss-reactive ketones (excluding diaryl/α,β-unsaturated/α-hetero) is 1. The van der Waals surface area contributed by atoms with Gasteiger partial charge in [-0.25, -0.2) is 0 Å². The molecular formula is C8H7ClINO. The second kappa shape index (κ2) is 4.20. The first kappa shape index (κ1) is 9.95. The molecule has 1 rings (SSSR count). The summed E-state index contributed by atoms with van der Waals surface area (Å²) in [5, 5.41) is 0.554. The number of alkyl halides is 1. The third-order valence-corrected chi connectivity index (χ3v) is 2.16. The summed E-state index contributed by atoms with van der Waals surface area (Å²) in [5.41, 5.74) is 5.97. The van der Waals surface area contributed by atoms with E-state index >= 15 is 0 Å². The summed E-state index contributed by atoms with van der Waals surface area (Å²) in [4.78, 5) is 11.3. The maximum Gasteiger partial charge on any atom is 0.189 e. The summed E-state index contributed by atoms with van der Waals surface area (Å²) in [7, 11) is 0. The summed E-state index contributed by atoms with van der Waals surface area (Å²) >= 11 is 7.57. The lowest BCUT2D eigenvalue weighted by Crippen LogP contribution is -2.23. The molecule has 1 unspecified atom stereocenters. The van der Waals surface area contributed by atoms with Crippen molar-refractivity contribution in [3.63, 3.8) is 0 Å². The molecule has 1 aromatic rings. The number of hydrogen-bond acceptors (Lipinski definition) is 2. The van der Waals surface area contributed by atoms with E-state index in [1.54, 1.807) is 24.3 Å². The molecule has 0 radical (unpaired) electrons. The molecule has 1 aromatic carbocycles.